The molecule has 0 spiro atoms. The zero-order valence-electron chi connectivity index (χ0n) is 15.3. The second-order valence-electron chi connectivity index (χ2n) is 6.58. The van der Waals surface area contributed by atoms with Gasteiger partial charge in [0.05, 0.1) is 6.61 Å². The van der Waals surface area contributed by atoms with E-state index < -0.39 is 6.10 Å². The van der Waals surface area contributed by atoms with Crippen molar-refractivity contribution in [1.29, 1.82) is 0 Å². The number of unbranched alkanes of at least 4 members (excludes halogenated alkanes) is 4. The van der Waals surface area contributed by atoms with Crippen LogP contribution in [0.4, 0.5) is 0 Å². The van der Waals surface area contributed by atoms with Crippen LogP contribution in [0.2, 0.25) is 0 Å². The monoisotopic (exact) mass is 335 g/mol. The molecule has 0 amide bonds. The van der Waals surface area contributed by atoms with Gasteiger partial charge in [0, 0.05) is 18.2 Å². The summed E-state index contributed by atoms with van der Waals surface area (Å²) < 4.78 is 11.3. The first-order valence-corrected chi connectivity index (χ1v) is 9.54. The van der Waals surface area contributed by atoms with Crippen molar-refractivity contribution in [1.82, 2.24) is 4.90 Å². The highest BCUT2D eigenvalue weighted by Crippen LogP contribution is 2.35. The molecule has 0 radical (unpaired) electrons. The summed E-state index contributed by atoms with van der Waals surface area (Å²) in [6, 6.07) is 5.70. The quantitative estimate of drug-likeness (QED) is 0.582. The Labute approximate surface area is 146 Å². The molecular weight excluding hydrogens is 302 g/mol. The van der Waals surface area contributed by atoms with E-state index in [1.54, 1.807) is 0 Å². The number of ether oxygens (including phenoxy) is 2. The molecule has 0 saturated heterocycles. The van der Waals surface area contributed by atoms with Crippen LogP contribution in [0.5, 0.6) is 11.5 Å². The van der Waals surface area contributed by atoms with Gasteiger partial charge in [0.1, 0.15) is 24.2 Å². The molecule has 1 aromatic carbocycles. The molecule has 1 aliphatic rings. The lowest BCUT2D eigenvalue weighted by atomic mass is 10.1. The number of aliphatic hydroxyl groups is 1. The van der Waals surface area contributed by atoms with Gasteiger partial charge < -0.3 is 19.5 Å². The average molecular weight is 335 g/mol. The van der Waals surface area contributed by atoms with Gasteiger partial charge in [-0.05, 0) is 38.1 Å². The molecule has 0 aliphatic carbocycles. The summed E-state index contributed by atoms with van der Waals surface area (Å²) in [7, 11) is 0. The molecule has 2 rings (SSSR count). The van der Waals surface area contributed by atoms with E-state index in [-0.39, 0.29) is 0 Å². The first-order valence-electron chi connectivity index (χ1n) is 9.54. The van der Waals surface area contributed by atoms with Gasteiger partial charge in [0.2, 0.25) is 0 Å². The van der Waals surface area contributed by atoms with Gasteiger partial charge in [0.15, 0.2) is 0 Å². The Hall–Kier alpha value is -1.26. The van der Waals surface area contributed by atoms with E-state index in [1.165, 1.54) is 38.6 Å². The molecule has 1 aliphatic heterocycles. The highest BCUT2D eigenvalue weighted by Gasteiger charge is 2.21. The van der Waals surface area contributed by atoms with Crippen LogP contribution in [0.3, 0.4) is 0 Å². The van der Waals surface area contributed by atoms with Crippen LogP contribution < -0.4 is 9.47 Å². The molecule has 0 fully saturated rings. The fourth-order valence-corrected chi connectivity index (χ4v) is 3.11. The number of benzene rings is 1. The summed E-state index contributed by atoms with van der Waals surface area (Å²) in [5.74, 6) is 1.58. The third-order valence-electron chi connectivity index (χ3n) is 4.65. The highest BCUT2D eigenvalue weighted by atomic mass is 16.5. The lowest BCUT2D eigenvalue weighted by Crippen LogP contribution is -2.26. The van der Waals surface area contributed by atoms with E-state index in [0.29, 0.717) is 13.2 Å². The summed E-state index contributed by atoms with van der Waals surface area (Å²) in [6.07, 6.45) is 7.23. The Morgan fingerprint density at radius 2 is 1.92 bits per heavy atom. The van der Waals surface area contributed by atoms with Gasteiger partial charge in [-0.25, -0.2) is 0 Å². The Bertz CT molecular complexity index is 478. The summed E-state index contributed by atoms with van der Waals surface area (Å²) in [5.41, 5.74) is 0.864. The molecular formula is C20H33NO3. The molecule has 0 aromatic heterocycles. The van der Waals surface area contributed by atoms with Gasteiger partial charge >= 0.3 is 0 Å². The van der Waals surface area contributed by atoms with Gasteiger partial charge in [-0.2, -0.15) is 0 Å². The van der Waals surface area contributed by atoms with Crippen LogP contribution in [0.25, 0.3) is 0 Å². The molecule has 4 heteroatoms. The van der Waals surface area contributed by atoms with E-state index >= 15 is 0 Å². The van der Waals surface area contributed by atoms with Crippen LogP contribution in [0.1, 0.15) is 64.0 Å². The van der Waals surface area contributed by atoms with Crippen LogP contribution in [0.15, 0.2) is 18.2 Å². The third-order valence-corrected chi connectivity index (χ3v) is 4.65. The molecule has 1 unspecified atom stereocenters. The molecule has 1 atom stereocenters. The van der Waals surface area contributed by atoms with Crippen molar-refractivity contribution in [3.8, 4) is 11.5 Å². The Balaban J connectivity index is 1.61. The number of aliphatic hydroxyl groups excluding tert-OH is 1. The maximum atomic E-state index is 9.72. The molecule has 1 N–H and O–H groups in total. The van der Waals surface area contributed by atoms with Crippen molar-refractivity contribution in [3.05, 3.63) is 23.8 Å². The van der Waals surface area contributed by atoms with Crippen molar-refractivity contribution < 1.29 is 14.6 Å². The number of hydrogen-bond acceptors (Lipinski definition) is 4. The van der Waals surface area contributed by atoms with Crippen LogP contribution in [-0.2, 0) is 0 Å². The Morgan fingerprint density at radius 3 is 2.71 bits per heavy atom. The maximum Gasteiger partial charge on any atom is 0.129 e. The van der Waals surface area contributed by atoms with Crippen LogP contribution in [-0.4, -0.2) is 42.9 Å². The van der Waals surface area contributed by atoms with Crippen molar-refractivity contribution >= 4 is 0 Å². The normalized spacial score (nSPS) is 16.2. The van der Waals surface area contributed by atoms with E-state index in [2.05, 4.69) is 18.7 Å². The minimum Gasteiger partial charge on any atom is -0.493 e. The molecule has 24 heavy (non-hydrogen) atoms. The smallest absolute Gasteiger partial charge is 0.129 e. The van der Waals surface area contributed by atoms with E-state index in [0.717, 1.165) is 36.6 Å². The molecule has 0 bridgehead atoms. The molecule has 136 valence electrons. The first-order chi connectivity index (χ1) is 11.7. The minimum atomic E-state index is -0.496. The van der Waals surface area contributed by atoms with Gasteiger partial charge in [-0.1, -0.05) is 39.5 Å². The Kier molecular flexibility index (Phi) is 8.40. The maximum absolute atomic E-state index is 9.72. The average Bonchev–Trinajstić information content (AvgIpc) is 2.97. The summed E-state index contributed by atoms with van der Waals surface area (Å²) in [4.78, 5) is 2.51. The van der Waals surface area contributed by atoms with E-state index in [4.69, 9.17) is 9.47 Å². The van der Waals surface area contributed by atoms with E-state index in [1.807, 2.05) is 18.2 Å². The summed E-state index contributed by atoms with van der Waals surface area (Å²) in [5, 5.41) is 9.72. The van der Waals surface area contributed by atoms with Gasteiger partial charge in [-0.15, -0.1) is 0 Å². The number of fused-ring (bicyclic) bond motifs is 1. The zero-order valence-corrected chi connectivity index (χ0v) is 15.3. The standard InChI is InChI=1S/C20H33NO3/c1-3-5-6-7-8-12-21(4-2)13-9-14-23-17-10-11-18-19(22)16-24-20(18)15-17/h10-11,15,19,22H,3-9,12-14,16H2,1-2H3. The second-order valence-corrected chi connectivity index (χ2v) is 6.58. The van der Waals surface area contributed by atoms with Gasteiger partial charge in [-0.3, -0.25) is 0 Å². The fraction of sp³-hybridized carbons (Fsp3) is 0.700. The van der Waals surface area contributed by atoms with Crippen molar-refractivity contribution in [3.63, 3.8) is 0 Å². The predicted molar refractivity (Wildman–Crippen MR) is 97.9 cm³/mol. The SMILES string of the molecule is CCCCCCCN(CC)CCCOc1ccc2c(c1)OCC2O. The molecule has 1 heterocycles. The summed E-state index contributed by atoms with van der Waals surface area (Å²) in [6.45, 7) is 8.95. The number of hydrogen-bond donors (Lipinski definition) is 1. The van der Waals surface area contributed by atoms with E-state index in [9.17, 15) is 5.11 Å². The number of nitrogens with zero attached hydrogens (tertiary/aromatic N) is 1. The number of rotatable bonds is 12. The first kappa shape index (κ1) is 19.1. The van der Waals surface area contributed by atoms with Crippen molar-refractivity contribution in [2.45, 2.75) is 58.5 Å². The lowest BCUT2D eigenvalue weighted by Gasteiger charge is -2.20. The predicted octanol–water partition coefficient (Wildman–Crippen LogP) is 4.17. The Morgan fingerprint density at radius 1 is 1.12 bits per heavy atom. The second kappa shape index (κ2) is 10.6. The van der Waals surface area contributed by atoms with Crippen LogP contribution >= 0.6 is 0 Å². The van der Waals surface area contributed by atoms with Crippen molar-refractivity contribution in [2.24, 2.45) is 0 Å². The zero-order chi connectivity index (χ0) is 17.2. The third kappa shape index (κ3) is 5.99. The minimum absolute atomic E-state index is 0.350. The molecule has 0 saturated carbocycles. The topological polar surface area (TPSA) is 41.9 Å². The molecule has 1 aromatic rings. The van der Waals surface area contributed by atoms with Crippen LogP contribution in [0, 0.1) is 0 Å². The molecule has 4 nitrogen and oxygen atoms in total. The largest absolute Gasteiger partial charge is 0.493 e. The summed E-state index contributed by atoms with van der Waals surface area (Å²) >= 11 is 0. The van der Waals surface area contributed by atoms with Gasteiger partial charge in [0.25, 0.3) is 0 Å². The highest BCUT2D eigenvalue weighted by molar-refractivity contribution is 5.44. The lowest BCUT2D eigenvalue weighted by molar-refractivity contribution is 0.140. The fourth-order valence-electron chi connectivity index (χ4n) is 3.11. The van der Waals surface area contributed by atoms with Crippen molar-refractivity contribution in [2.75, 3.05) is 32.8 Å².